The molecule has 6 heteroatoms. The lowest BCUT2D eigenvalue weighted by Crippen LogP contribution is -2.31. The van der Waals surface area contributed by atoms with Crippen molar-refractivity contribution in [1.29, 1.82) is 0 Å². The number of rotatable bonds is 7. The molecule has 0 bridgehead atoms. The van der Waals surface area contributed by atoms with Gasteiger partial charge in [0, 0.05) is 32.9 Å². The Labute approximate surface area is 164 Å². The van der Waals surface area contributed by atoms with Crippen LogP contribution in [0.1, 0.15) is 56.0 Å². The molecule has 1 atom stereocenters. The maximum absolute atomic E-state index is 12.9. The average Bonchev–Trinajstić information content (AvgIpc) is 2.97. The molecule has 28 heavy (non-hydrogen) atoms. The number of amides is 3. The molecule has 6 nitrogen and oxygen atoms in total. The third kappa shape index (κ3) is 3.68. The number of imide groups is 1. The average molecular weight is 380 g/mol. The Morgan fingerprint density at radius 3 is 2.43 bits per heavy atom. The Balaban J connectivity index is 1.80. The van der Waals surface area contributed by atoms with Gasteiger partial charge in [-0.15, -0.1) is 0 Å². The zero-order valence-electron chi connectivity index (χ0n) is 16.3. The third-order valence-electron chi connectivity index (χ3n) is 5.13. The molecule has 0 saturated heterocycles. The molecule has 0 unspecified atom stereocenters. The molecule has 0 N–H and O–H groups in total. The van der Waals surface area contributed by atoms with Crippen LogP contribution in [0.25, 0.3) is 0 Å². The highest BCUT2D eigenvalue weighted by molar-refractivity contribution is 6.22. The predicted molar refractivity (Wildman–Crippen MR) is 105 cm³/mol. The quantitative estimate of drug-likeness (QED) is 0.547. The van der Waals surface area contributed by atoms with E-state index in [0.717, 1.165) is 5.56 Å². The number of carbonyl (C=O) groups excluding carboxylic acids is 3. The first kappa shape index (κ1) is 19.8. The molecule has 2 aromatic rings. The Kier molecular flexibility index (Phi) is 5.90. The molecule has 0 saturated carbocycles. The van der Waals surface area contributed by atoms with Gasteiger partial charge in [-0.2, -0.15) is 0 Å². The number of ether oxygens (including phenoxy) is 1. The highest BCUT2D eigenvalue weighted by atomic mass is 16.5. The lowest BCUT2D eigenvalue weighted by atomic mass is 10.0. The van der Waals surface area contributed by atoms with Crippen LogP contribution in [0, 0.1) is 0 Å². The zero-order chi connectivity index (χ0) is 20.3. The van der Waals surface area contributed by atoms with Gasteiger partial charge in [0.05, 0.1) is 17.2 Å². The van der Waals surface area contributed by atoms with Crippen LogP contribution < -0.4 is 0 Å². The molecular formula is C22H24N2O4. The summed E-state index contributed by atoms with van der Waals surface area (Å²) in [7, 11) is 3.31. The molecule has 1 heterocycles. The minimum atomic E-state index is -0.357. The molecule has 1 aliphatic rings. The second-order valence-corrected chi connectivity index (χ2v) is 6.87. The molecule has 0 aromatic heterocycles. The van der Waals surface area contributed by atoms with Crippen molar-refractivity contribution < 1.29 is 19.1 Å². The van der Waals surface area contributed by atoms with E-state index in [9.17, 15) is 14.4 Å². The van der Waals surface area contributed by atoms with Crippen LogP contribution in [0.2, 0.25) is 0 Å². The molecule has 3 amide bonds. The summed E-state index contributed by atoms with van der Waals surface area (Å²) in [5, 5.41) is 0. The van der Waals surface area contributed by atoms with Crippen LogP contribution in [0.4, 0.5) is 0 Å². The summed E-state index contributed by atoms with van der Waals surface area (Å²) in [4.78, 5) is 40.9. The molecule has 0 aliphatic carbocycles. The first-order valence-corrected chi connectivity index (χ1v) is 9.27. The Bertz CT molecular complexity index is 895. The standard InChI is InChI=1S/C22H24N2O4/c1-15(16-8-5-4-6-9-16)23(2)20(25)17-10-11-18-19(14-17)22(27)24(21(18)26)12-7-13-28-3/h4-6,8-11,14-15H,7,12-13H2,1-3H3/t15-/m1/s1. The maximum Gasteiger partial charge on any atom is 0.261 e. The summed E-state index contributed by atoms with van der Waals surface area (Å²) in [6.45, 7) is 2.72. The van der Waals surface area contributed by atoms with E-state index in [4.69, 9.17) is 4.74 Å². The molecule has 2 aromatic carbocycles. The van der Waals surface area contributed by atoms with Gasteiger partial charge in [-0.05, 0) is 37.1 Å². The fraction of sp³-hybridized carbons (Fsp3) is 0.318. The highest BCUT2D eigenvalue weighted by Gasteiger charge is 2.35. The highest BCUT2D eigenvalue weighted by Crippen LogP contribution is 2.26. The van der Waals surface area contributed by atoms with Gasteiger partial charge in [0.15, 0.2) is 0 Å². The van der Waals surface area contributed by atoms with Crippen molar-refractivity contribution in [3.63, 3.8) is 0 Å². The van der Waals surface area contributed by atoms with Gasteiger partial charge < -0.3 is 9.64 Å². The molecular weight excluding hydrogens is 356 g/mol. The Morgan fingerprint density at radius 1 is 1.07 bits per heavy atom. The summed E-state index contributed by atoms with van der Waals surface area (Å²) >= 11 is 0. The fourth-order valence-electron chi connectivity index (χ4n) is 3.33. The number of nitrogens with zero attached hydrogens (tertiary/aromatic N) is 2. The van der Waals surface area contributed by atoms with Crippen molar-refractivity contribution in [2.24, 2.45) is 0 Å². The molecule has 0 fully saturated rings. The number of hydrogen-bond acceptors (Lipinski definition) is 4. The summed E-state index contributed by atoms with van der Waals surface area (Å²) in [5.74, 6) is -0.872. The van der Waals surface area contributed by atoms with E-state index in [1.54, 1.807) is 31.2 Å². The SMILES string of the molecule is COCCCN1C(=O)c2ccc(C(=O)N(C)[C@H](C)c3ccccc3)cc2C1=O. The van der Waals surface area contributed by atoms with E-state index in [1.165, 1.54) is 11.0 Å². The largest absolute Gasteiger partial charge is 0.385 e. The summed E-state index contributed by atoms with van der Waals surface area (Å²) < 4.78 is 4.99. The van der Waals surface area contributed by atoms with Gasteiger partial charge in [-0.1, -0.05) is 30.3 Å². The molecule has 146 valence electrons. The van der Waals surface area contributed by atoms with Crippen LogP contribution >= 0.6 is 0 Å². The van der Waals surface area contributed by atoms with E-state index in [-0.39, 0.29) is 29.3 Å². The van der Waals surface area contributed by atoms with E-state index in [2.05, 4.69) is 0 Å². The second kappa shape index (κ2) is 8.35. The van der Waals surface area contributed by atoms with Crippen LogP contribution in [0.5, 0.6) is 0 Å². The number of benzene rings is 2. The molecule has 1 aliphatic heterocycles. The van der Waals surface area contributed by atoms with E-state index in [0.29, 0.717) is 30.7 Å². The van der Waals surface area contributed by atoms with Crippen molar-refractivity contribution in [3.8, 4) is 0 Å². The first-order chi connectivity index (χ1) is 13.5. The van der Waals surface area contributed by atoms with Gasteiger partial charge in [0.25, 0.3) is 17.7 Å². The second-order valence-electron chi connectivity index (χ2n) is 6.87. The van der Waals surface area contributed by atoms with Crippen LogP contribution in [0.3, 0.4) is 0 Å². The van der Waals surface area contributed by atoms with Crippen LogP contribution in [-0.4, -0.2) is 54.8 Å². The lowest BCUT2D eigenvalue weighted by molar-refractivity contribution is 0.0638. The number of carbonyl (C=O) groups is 3. The van der Waals surface area contributed by atoms with Crippen molar-refractivity contribution in [1.82, 2.24) is 9.80 Å². The van der Waals surface area contributed by atoms with Gasteiger partial charge in [0.2, 0.25) is 0 Å². The van der Waals surface area contributed by atoms with E-state index in [1.807, 2.05) is 37.3 Å². The van der Waals surface area contributed by atoms with Gasteiger partial charge in [-0.25, -0.2) is 0 Å². The number of hydrogen-bond donors (Lipinski definition) is 0. The smallest absolute Gasteiger partial charge is 0.261 e. The van der Waals surface area contributed by atoms with Gasteiger partial charge in [0.1, 0.15) is 0 Å². The lowest BCUT2D eigenvalue weighted by Gasteiger charge is -2.25. The minimum Gasteiger partial charge on any atom is -0.385 e. The summed E-state index contributed by atoms with van der Waals surface area (Å²) in [6.07, 6.45) is 0.574. The van der Waals surface area contributed by atoms with Crippen LogP contribution in [0.15, 0.2) is 48.5 Å². The zero-order valence-corrected chi connectivity index (χ0v) is 16.3. The topological polar surface area (TPSA) is 66.9 Å². The summed E-state index contributed by atoms with van der Waals surface area (Å²) in [5.41, 5.74) is 2.05. The van der Waals surface area contributed by atoms with Gasteiger partial charge >= 0.3 is 0 Å². The van der Waals surface area contributed by atoms with Crippen molar-refractivity contribution in [3.05, 3.63) is 70.8 Å². The number of methoxy groups -OCH3 is 1. The maximum atomic E-state index is 12.9. The van der Waals surface area contributed by atoms with Crippen molar-refractivity contribution >= 4 is 17.7 Å². The van der Waals surface area contributed by atoms with Crippen molar-refractivity contribution in [2.75, 3.05) is 27.3 Å². The normalized spacial score (nSPS) is 14.2. The van der Waals surface area contributed by atoms with Crippen LogP contribution in [-0.2, 0) is 4.74 Å². The molecule has 0 radical (unpaired) electrons. The minimum absolute atomic E-state index is 0.121. The van der Waals surface area contributed by atoms with E-state index < -0.39 is 0 Å². The monoisotopic (exact) mass is 380 g/mol. The van der Waals surface area contributed by atoms with E-state index >= 15 is 0 Å². The first-order valence-electron chi connectivity index (χ1n) is 9.27. The van der Waals surface area contributed by atoms with Gasteiger partial charge in [-0.3, -0.25) is 19.3 Å². The molecule has 0 spiro atoms. The molecule has 3 rings (SSSR count). The van der Waals surface area contributed by atoms with Crippen molar-refractivity contribution in [2.45, 2.75) is 19.4 Å². The summed E-state index contributed by atoms with van der Waals surface area (Å²) in [6, 6.07) is 14.3. The third-order valence-corrected chi connectivity index (χ3v) is 5.13. The number of fused-ring (bicyclic) bond motifs is 1. The Morgan fingerprint density at radius 2 is 1.75 bits per heavy atom. The Hall–Kier alpha value is -2.99. The predicted octanol–water partition coefficient (Wildman–Crippen LogP) is 3.15. The fourth-order valence-corrected chi connectivity index (χ4v) is 3.33.